The maximum absolute atomic E-state index is 9.78. The molecule has 5 heteroatoms. The fourth-order valence-electron chi connectivity index (χ4n) is 2.87. The van der Waals surface area contributed by atoms with Crippen molar-refractivity contribution in [3.05, 3.63) is 30.1 Å². The van der Waals surface area contributed by atoms with Crippen molar-refractivity contribution in [1.29, 1.82) is 0 Å². The van der Waals surface area contributed by atoms with Crippen LogP contribution in [0.1, 0.15) is 26.0 Å². The lowest BCUT2D eigenvalue weighted by Crippen LogP contribution is -2.25. The van der Waals surface area contributed by atoms with Gasteiger partial charge in [-0.25, -0.2) is 4.98 Å². The molecule has 1 unspecified atom stereocenters. The summed E-state index contributed by atoms with van der Waals surface area (Å²) in [6.45, 7) is 7.76. The number of rotatable bonds is 5. The van der Waals surface area contributed by atoms with Gasteiger partial charge in [0.15, 0.2) is 5.82 Å². The van der Waals surface area contributed by atoms with Crippen LogP contribution in [0.2, 0.25) is 0 Å². The molecule has 5 nitrogen and oxygen atoms in total. The number of aliphatic hydroxyl groups excluding tert-OH is 1. The van der Waals surface area contributed by atoms with Gasteiger partial charge in [-0.15, -0.1) is 0 Å². The molecule has 1 atom stereocenters. The van der Waals surface area contributed by atoms with E-state index in [2.05, 4.69) is 34.7 Å². The van der Waals surface area contributed by atoms with Gasteiger partial charge in [0.25, 0.3) is 0 Å². The molecular weight excluding hydrogens is 264 g/mol. The average Bonchev–Trinajstić information content (AvgIpc) is 3.03. The van der Waals surface area contributed by atoms with Crippen LogP contribution in [0.15, 0.2) is 24.4 Å². The van der Waals surface area contributed by atoms with E-state index in [0.29, 0.717) is 12.5 Å². The third-order valence-electron chi connectivity index (χ3n) is 3.92. The summed E-state index contributed by atoms with van der Waals surface area (Å²) in [6, 6.07) is 6.07. The quantitative estimate of drug-likeness (QED) is 0.878. The second-order valence-corrected chi connectivity index (χ2v) is 6.22. The van der Waals surface area contributed by atoms with Gasteiger partial charge in [0.05, 0.1) is 11.8 Å². The third kappa shape index (κ3) is 3.04. The SMILES string of the molecule is CC(C)CNCc1c(N2CCC(O)C2)nc2ccccn12. The molecule has 1 aliphatic heterocycles. The molecule has 0 aromatic carbocycles. The maximum atomic E-state index is 9.78. The van der Waals surface area contributed by atoms with Gasteiger partial charge in [-0.05, 0) is 31.0 Å². The van der Waals surface area contributed by atoms with Gasteiger partial charge in [0, 0.05) is 25.8 Å². The molecule has 1 fully saturated rings. The molecule has 21 heavy (non-hydrogen) atoms. The van der Waals surface area contributed by atoms with Crippen LogP contribution in [0.25, 0.3) is 5.65 Å². The van der Waals surface area contributed by atoms with Crippen molar-refractivity contribution in [2.45, 2.75) is 32.9 Å². The number of aromatic nitrogens is 2. The molecule has 0 saturated carbocycles. The first-order valence-corrected chi connectivity index (χ1v) is 7.75. The Bertz CT molecular complexity index is 607. The fourth-order valence-corrected chi connectivity index (χ4v) is 2.87. The second kappa shape index (κ2) is 6.03. The highest BCUT2D eigenvalue weighted by molar-refractivity contribution is 5.56. The Morgan fingerprint density at radius 3 is 3.00 bits per heavy atom. The van der Waals surface area contributed by atoms with Crippen molar-refractivity contribution in [2.24, 2.45) is 5.92 Å². The lowest BCUT2D eigenvalue weighted by Gasteiger charge is -2.17. The molecule has 0 radical (unpaired) electrons. The van der Waals surface area contributed by atoms with Crippen molar-refractivity contribution >= 4 is 11.5 Å². The number of anilines is 1. The molecule has 0 bridgehead atoms. The Hall–Kier alpha value is -1.59. The summed E-state index contributed by atoms with van der Waals surface area (Å²) in [7, 11) is 0. The van der Waals surface area contributed by atoms with E-state index >= 15 is 0 Å². The third-order valence-corrected chi connectivity index (χ3v) is 3.92. The summed E-state index contributed by atoms with van der Waals surface area (Å²) in [5.41, 5.74) is 2.15. The van der Waals surface area contributed by atoms with Crippen LogP contribution in [0.5, 0.6) is 0 Å². The topological polar surface area (TPSA) is 52.8 Å². The minimum atomic E-state index is -0.230. The average molecular weight is 288 g/mol. The van der Waals surface area contributed by atoms with E-state index < -0.39 is 0 Å². The van der Waals surface area contributed by atoms with E-state index in [4.69, 9.17) is 4.98 Å². The largest absolute Gasteiger partial charge is 0.391 e. The first-order chi connectivity index (χ1) is 10.1. The number of nitrogens with zero attached hydrogens (tertiary/aromatic N) is 3. The van der Waals surface area contributed by atoms with E-state index in [0.717, 1.165) is 37.5 Å². The first-order valence-electron chi connectivity index (χ1n) is 7.75. The van der Waals surface area contributed by atoms with Crippen LogP contribution in [0.4, 0.5) is 5.82 Å². The number of imidazole rings is 1. The number of hydrogen-bond acceptors (Lipinski definition) is 4. The zero-order valence-corrected chi connectivity index (χ0v) is 12.8. The molecule has 114 valence electrons. The number of β-amino-alcohol motifs (C(OH)–C–C–N with tert-alkyl or cyclic N) is 1. The van der Waals surface area contributed by atoms with E-state index in [9.17, 15) is 5.11 Å². The normalized spacial score (nSPS) is 19.0. The molecule has 1 aliphatic rings. The zero-order chi connectivity index (χ0) is 14.8. The number of hydrogen-bond donors (Lipinski definition) is 2. The zero-order valence-electron chi connectivity index (χ0n) is 12.8. The number of pyridine rings is 1. The highest BCUT2D eigenvalue weighted by Crippen LogP contribution is 2.25. The first kappa shape index (κ1) is 14.4. The van der Waals surface area contributed by atoms with E-state index in [-0.39, 0.29) is 6.10 Å². The number of nitrogens with one attached hydrogen (secondary N) is 1. The Kier molecular flexibility index (Phi) is 4.12. The molecular formula is C16H24N4O. The van der Waals surface area contributed by atoms with Gasteiger partial charge >= 0.3 is 0 Å². The summed E-state index contributed by atoms with van der Waals surface area (Å²) in [5, 5.41) is 13.3. The van der Waals surface area contributed by atoms with Gasteiger partial charge < -0.3 is 19.7 Å². The second-order valence-electron chi connectivity index (χ2n) is 6.22. The Morgan fingerprint density at radius 1 is 1.43 bits per heavy atom. The Morgan fingerprint density at radius 2 is 2.29 bits per heavy atom. The number of aliphatic hydroxyl groups is 1. The van der Waals surface area contributed by atoms with E-state index in [1.807, 2.05) is 18.2 Å². The molecule has 3 rings (SSSR count). The smallest absolute Gasteiger partial charge is 0.152 e. The van der Waals surface area contributed by atoms with Crippen LogP contribution >= 0.6 is 0 Å². The summed E-state index contributed by atoms with van der Waals surface area (Å²) in [5.74, 6) is 1.63. The predicted molar refractivity (Wildman–Crippen MR) is 84.6 cm³/mol. The standard InChI is InChI=1S/C16H24N4O/c1-12(2)9-17-10-14-16(19-8-6-13(21)11-19)18-15-5-3-4-7-20(14)15/h3-5,7,12-13,17,21H,6,8-11H2,1-2H3. The molecule has 3 heterocycles. The molecule has 2 aromatic rings. The highest BCUT2D eigenvalue weighted by atomic mass is 16.3. The van der Waals surface area contributed by atoms with Crippen molar-refractivity contribution in [2.75, 3.05) is 24.5 Å². The summed E-state index contributed by atoms with van der Waals surface area (Å²) in [6.07, 6.45) is 2.66. The van der Waals surface area contributed by atoms with Crippen LogP contribution in [0.3, 0.4) is 0 Å². The van der Waals surface area contributed by atoms with Crippen molar-refractivity contribution in [3.8, 4) is 0 Å². The lowest BCUT2D eigenvalue weighted by molar-refractivity contribution is 0.198. The van der Waals surface area contributed by atoms with Crippen LogP contribution in [-0.4, -0.2) is 40.2 Å². The van der Waals surface area contributed by atoms with Gasteiger partial charge in [0.1, 0.15) is 5.65 Å². The lowest BCUT2D eigenvalue weighted by atomic mass is 10.2. The predicted octanol–water partition coefficient (Wildman–Crippen LogP) is 1.65. The molecule has 2 aromatic heterocycles. The molecule has 0 aliphatic carbocycles. The van der Waals surface area contributed by atoms with Gasteiger partial charge in [-0.3, -0.25) is 0 Å². The van der Waals surface area contributed by atoms with Gasteiger partial charge in [0.2, 0.25) is 0 Å². The van der Waals surface area contributed by atoms with Crippen LogP contribution in [0, 0.1) is 5.92 Å². The minimum Gasteiger partial charge on any atom is -0.391 e. The molecule has 0 amide bonds. The van der Waals surface area contributed by atoms with Crippen LogP contribution in [-0.2, 0) is 6.54 Å². The Balaban J connectivity index is 1.90. The van der Waals surface area contributed by atoms with Crippen LogP contribution < -0.4 is 10.2 Å². The Labute approximate surface area is 125 Å². The van der Waals surface area contributed by atoms with Crippen molar-refractivity contribution in [1.82, 2.24) is 14.7 Å². The summed E-state index contributed by atoms with van der Waals surface area (Å²) >= 11 is 0. The summed E-state index contributed by atoms with van der Waals surface area (Å²) in [4.78, 5) is 6.96. The van der Waals surface area contributed by atoms with Crippen molar-refractivity contribution < 1.29 is 5.11 Å². The minimum absolute atomic E-state index is 0.230. The molecule has 2 N–H and O–H groups in total. The molecule has 1 saturated heterocycles. The highest BCUT2D eigenvalue weighted by Gasteiger charge is 2.25. The fraction of sp³-hybridized carbons (Fsp3) is 0.562. The van der Waals surface area contributed by atoms with E-state index in [1.54, 1.807) is 0 Å². The maximum Gasteiger partial charge on any atom is 0.152 e. The van der Waals surface area contributed by atoms with E-state index in [1.165, 1.54) is 5.69 Å². The molecule has 0 spiro atoms. The summed E-state index contributed by atoms with van der Waals surface area (Å²) < 4.78 is 2.15. The van der Waals surface area contributed by atoms with Gasteiger partial charge in [-0.2, -0.15) is 0 Å². The van der Waals surface area contributed by atoms with Crippen molar-refractivity contribution in [3.63, 3.8) is 0 Å². The van der Waals surface area contributed by atoms with Gasteiger partial charge in [-0.1, -0.05) is 19.9 Å². The number of fused-ring (bicyclic) bond motifs is 1. The monoisotopic (exact) mass is 288 g/mol.